The normalized spacial score (nSPS) is 28.6. The van der Waals surface area contributed by atoms with Crippen LogP contribution in [0.5, 0.6) is 0 Å². The Morgan fingerprint density at radius 1 is 1.53 bits per heavy atom. The first-order chi connectivity index (χ1) is 8.05. The predicted octanol–water partition coefficient (Wildman–Crippen LogP) is 3.96. The molecule has 0 radical (unpaired) electrons. The number of aliphatic hydroxyl groups is 1. The Morgan fingerprint density at radius 3 is 3.00 bits per heavy atom. The molecule has 1 aromatic rings. The van der Waals surface area contributed by atoms with E-state index in [0.29, 0.717) is 17.0 Å². The SMILES string of the molecule is CCC1CCCC1(O)Cc1cc(Cl)ccc1F. The largest absolute Gasteiger partial charge is 0.389 e. The van der Waals surface area contributed by atoms with Gasteiger partial charge in [0.2, 0.25) is 0 Å². The van der Waals surface area contributed by atoms with Crippen molar-refractivity contribution in [3.63, 3.8) is 0 Å². The lowest BCUT2D eigenvalue weighted by atomic mass is 9.83. The smallest absolute Gasteiger partial charge is 0.126 e. The first-order valence-electron chi connectivity index (χ1n) is 6.21. The average molecular weight is 257 g/mol. The van der Waals surface area contributed by atoms with Crippen molar-refractivity contribution in [3.8, 4) is 0 Å². The van der Waals surface area contributed by atoms with Gasteiger partial charge in [-0.25, -0.2) is 4.39 Å². The van der Waals surface area contributed by atoms with Crippen molar-refractivity contribution in [2.24, 2.45) is 5.92 Å². The summed E-state index contributed by atoms with van der Waals surface area (Å²) in [6.07, 6.45) is 4.14. The molecule has 1 aliphatic rings. The van der Waals surface area contributed by atoms with E-state index in [-0.39, 0.29) is 11.7 Å². The van der Waals surface area contributed by atoms with Crippen LogP contribution in [0, 0.1) is 11.7 Å². The van der Waals surface area contributed by atoms with Gasteiger partial charge in [0.25, 0.3) is 0 Å². The molecule has 1 aliphatic carbocycles. The average Bonchev–Trinajstić information content (AvgIpc) is 2.65. The number of halogens is 2. The van der Waals surface area contributed by atoms with Gasteiger partial charge in [-0.1, -0.05) is 31.4 Å². The van der Waals surface area contributed by atoms with E-state index in [1.54, 1.807) is 6.07 Å². The van der Waals surface area contributed by atoms with Crippen LogP contribution in [0.25, 0.3) is 0 Å². The third kappa shape index (κ3) is 2.63. The highest BCUT2D eigenvalue weighted by molar-refractivity contribution is 6.30. The fourth-order valence-corrected chi connectivity index (χ4v) is 3.15. The fraction of sp³-hybridized carbons (Fsp3) is 0.571. The molecule has 94 valence electrons. The van der Waals surface area contributed by atoms with Gasteiger partial charge >= 0.3 is 0 Å². The second-order valence-electron chi connectivity index (χ2n) is 5.01. The van der Waals surface area contributed by atoms with E-state index in [1.165, 1.54) is 12.1 Å². The molecule has 0 aliphatic heterocycles. The second-order valence-corrected chi connectivity index (χ2v) is 5.45. The van der Waals surface area contributed by atoms with Crippen LogP contribution in [-0.2, 0) is 6.42 Å². The molecule has 2 atom stereocenters. The minimum absolute atomic E-state index is 0.274. The molecular formula is C14H18ClFO. The Hall–Kier alpha value is -0.600. The predicted molar refractivity (Wildman–Crippen MR) is 67.7 cm³/mol. The van der Waals surface area contributed by atoms with E-state index in [0.717, 1.165) is 25.7 Å². The van der Waals surface area contributed by atoms with Crippen LogP contribution in [-0.4, -0.2) is 10.7 Å². The molecule has 2 rings (SSSR count). The topological polar surface area (TPSA) is 20.2 Å². The second kappa shape index (κ2) is 4.95. The fourth-order valence-electron chi connectivity index (χ4n) is 2.95. The Bertz CT molecular complexity index is 407. The molecule has 1 N–H and O–H groups in total. The maximum Gasteiger partial charge on any atom is 0.126 e. The lowest BCUT2D eigenvalue weighted by Gasteiger charge is -2.29. The Balaban J connectivity index is 2.22. The maximum atomic E-state index is 13.7. The van der Waals surface area contributed by atoms with E-state index in [2.05, 4.69) is 6.92 Å². The number of benzene rings is 1. The van der Waals surface area contributed by atoms with Gasteiger partial charge < -0.3 is 5.11 Å². The zero-order valence-electron chi connectivity index (χ0n) is 10.0. The van der Waals surface area contributed by atoms with E-state index in [4.69, 9.17) is 11.6 Å². The summed E-state index contributed by atoms with van der Waals surface area (Å²) < 4.78 is 13.7. The van der Waals surface area contributed by atoms with Gasteiger partial charge in [-0.3, -0.25) is 0 Å². The van der Waals surface area contributed by atoms with E-state index < -0.39 is 5.60 Å². The quantitative estimate of drug-likeness (QED) is 0.868. The van der Waals surface area contributed by atoms with Crippen LogP contribution in [0.1, 0.15) is 38.2 Å². The lowest BCUT2D eigenvalue weighted by Crippen LogP contribution is -2.35. The molecule has 0 saturated heterocycles. The summed E-state index contributed by atoms with van der Waals surface area (Å²) in [5.74, 6) is 0.00506. The summed E-state index contributed by atoms with van der Waals surface area (Å²) in [6.45, 7) is 2.08. The van der Waals surface area contributed by atoms with E-state index in [9.17, 15) is 9.50 Å². The highest BCUT2D eigenvalue weighted by Gasteiger charge is 2.40. The number of rotatable bonds is 3. The van der Waals surface area contributed by atoms with Gasteiger partial charge in [-0.2, -0.15) is 0 Å². The molecule has 0 spiro atoms. The Kier molecular flexibility index (Phi) is 3.74. The first kappa shape index (κ1) is 12.8. The standard InChI is InChI=1S/C14H18ClFO/c1-2-11-4-3-7-14(11,17)9-10-8-12(15)5-6-13(10)16/h5-6,8,11,17H,2-4,7,9H2,1H3. The summed E-state index contributed by atoms with van der Waals surface area (Å²) in [5, 5.41) is 11.1. The molecule has 2 unspecified atom stereocenters. The monoisotopic (exact) mass is 256 g/mol. The van der Waals surface area contributed by atoms with Crippen LogP contribution in [0.3, 0.4) is 0 Å². The van der Waals surface area contributed by atoms with Crippen molar-refractivity contribution >= 4 is 11.6 Å². The van der Waals surface area contributed by atoms with Crippen LogP contribution in [0.15, 0.2) is 18.2 Å². The van der Waals surface area contributed by atoms with Crippen molar-refractivity contribution in [2.45, 2.75) is 44.6 Å². The van der Waals surface area contributed by atoms with Crippen LogP contribution in [0.2, 0.25) is 5.02 Å². The van der Waals surface area contributed by atoms with Gasteiger partial charge in [0.1, 0.15) is 5.82 Å². The minimum Gasteiger partial charge on any atom is -0.389 e. The summed E-state index contributed by atoms with van der Waals surface area (Å²) in [6, 6.07) is 4.53. The van der Waals surface area contributed by atoms with Gasteiger partial charge in [0, 0.05) is 11.4 Å². The van der Waals surface area contributed by atoms with Crippen molar-refractivity contribution in [2.75, 3.05) is 0 Å². The molecular weight excluding hydrogens is 239 g/mol. The van der Waals surface area contributed by atoms with E-state index in [1.807, 2.05) is 0 Å². The zero-order valence-corrected chi connectivity index (χ0v) is 10.8. The molecule has 0 aromatic heterocycles. The number of hydrogen-bond acceptors (Lipinski definition) is 1. The molecule has 0 amide bonds. The lowest BCUT2D eigenvalue weighted by molar-refractivity contribution is 0.000774. The molecule has 3 heteroatoms. The summed E-state index contributed by atoms with van der Waals surface area (Å²) in [5.41, 5.74) is -0.222. The van der Waals surface area contributed by atoms with Crippen LogP contribution >= 0.6 is 11.6 Å². The van der Waals surface area contributed by atoms with Gasteiger partial charge in [0.15, 0.2) is 0 Å². The summed E-state index contributed by atoms with van der Waals surface area (Å²) in [7, 11) is 0. The Labute approximate surface area is 107 Å². The van der Waals surface area contributed by atoms with Gasteiger partial charge in [-0.15, -0.1) is 0 Å². The molecule has 1 aromatic carbocycles. The van der Waals surface area contributed by atoms with E-state index >= 15 is 0 Å². The molecule has 17 heavy (non-hydrogen) atoms. The molecule has 0 bridgehead atoms. The van der Waals surface area contributed by atoms with Crippen molar-refractivity contribution in [1.29, 1.82) is 0 Å². The number of hydrogen-bond donors (Lipinski definition) is 1. The van der Waals surface area contributed by atoms with Gasteiger partial charge in [-0.05, 0) is 42.5 Å². The maximum absolute atomic E-state index is 13.7. The Morgan fingerprint density at radius 2 is 2.29 bits per heavy atom. The highest BCUT2D eigenvalue weighted by atomic mass is 35.5. The molecule has 1 nitrogen and oxygen atoms in total. The highest BCUT2D eigenvalue weighted by Crippen LogP contribution is 2.40. The zero-order chi connectivity index (χ0) is 12.5. The van der Waals surface area contributed by atoms with Crippen LogP contribution in [0.4, 0.5) is 4.39 Å². The summed E-state index contributed by atoms with van der Waals surface area (Å²) >= 11 is 5.87. The third-order valence-corrected chi connectivity index (χ3v) is 4.15. The van der Waals surface area contributed by atoms with Crippen molar-refractivity contribution in [1.82, 2.24) is 0 Å². The third-order valence-electron chi connectivity index (χ3n) is 3.92. The van der Waals surface area contributed by atoms with Crippen molar-refractivity contribution in [3.05, 3.63) is 34.6 Å². The minimum atomic E-state index is -0.750. The van der Waals surface area contributed by atoms with Gasteiger partial charge in [0.05, 0.1) is 5.60 Å². The first-order valence-corrected chi connectivity index (χ1v) is 6.59. The van der Waals surface area contributed by atoms with Crippen LogP contribution < -0.4 is 0 Å². The molecule has 1 saturated carbocycles. The molecule has 0 heterocycles. The molecule has 1 fully saturated rings. The summed E-state index contributed by atoms with van der Waals surface area (Å²) in [4.78, 5) is 0. The van der Waals surface area contributed by atoms with Crippen molar-refractivity contribution < 1.29 is 9.50 Å².